The van der Waals surface area contributed by atoms with Crippen molar-refractivity contribution in [1.82, 2.24) is 14.2 Å². The molecule has 234 valence electrons. The maximum atomic E-state index is 14.3. The molecule has 3 unspecified atom stereocenters. The molecule has 2 aromatic carbocycles. The largest absolute Gasteiger partial charge is 0.497 e. The van der Waals surface area contributed by atoms with Gasteiger partial charge in [0, 0.05) is 40.5 Å². The van der Waals surface area contributed by atoms with Crippen LogP contribution in [0.4, 0.5) is 0 Å². The molecule has 0 spiro atoms. The molecule has 3 aromatic rings. The van der Waals surface area contributed by atoms with Gasteiger partial charge in [0.1, 0.15) is 5.75 Å². The highest BCUT2D eigenvalue weighted by molar-refractivity contribution is 7.89. The van der Waals surface area contributed by atoms with Gasteiger partial charge in [0.2, 0.25) is 15.9 Å². The summed E-state index contributed by atoms with van der Waals surface area (Å²) in [5, 5.41) is 1.07. The smallest absolute Gasteiger partial charge is 0.264 e. The minimum absolute atomic E-state index is 0.246. The molecule has 7 rings (SSSR count). The van der Waals surface area contributed by atoms with Crippen LogP contribution in [0.3, 0.4) is 0 Å². The Morgan fingerprint density at radius 3 is 2.27 bits per heavy atom. The average Bonchev–Trinajstić information content (AvgIpc) is 3.73. The minimum Gasteiger partial charge on any atom is -0.497 e. The number of benzene rings is 2. The molecule has 1 aromatic heterocycles. The van der Waals surface area contributed by atoms with Crippen molar-refractivity contribution in [2.24, 2.45) is 10.8 Å². The molecule has 8 nitrogen and oxygen atoms in total. The van der Waals surface area contributed by atoms with E-state index in [9.17, 15) is 18.0 Å². The van der Waals surface area contributed by atoms with Gasteiger partial charge in [-0.1, -0.05) is 32.3 Å². The highest BCUT2D eigenvalue weighted by atomic mass is 32.2. The van der Waals surface area contributed by atoms with Crippen molar-refractivity contribution in [3.63, 3.8) is 0 Å². The Kier molecular flexibility index (Phi) is 6.92. The van der Waals surface area contributed by atoms with E-state index in [4.69, 9.17) is 4.74 Å². The van der Waals surface area contributed by atoms with E-state index in [0.717, 1.165) is 66.3 Å². The molecule has 9 heteroatoms. The molecule has 44 heavy (non-hydrogen) atoms. The lowest BCUT2D eigenvalue weighted by molar-refractivity contribution is -0.203. The van der Waals surface area contributed by atoms with E-state index in [1.165, 1.54) is 31.2 Å². The van der Waals surface area contributed by atoms with Crippen LogP contribution in [0.25, 0.3) is 22.2 Å². The molecule has 1 saturated heterocycles. The number of carbonyl (C=O) groups excluding carboxylic acids is 2. The molecule has 2 heterocycles. The molecule has 0 radical (unpaired) electrons. The molecule has 0 bridgehead atoms. The summed E-state index contributed by atoms with van der Waals surface area (Å²) >= 11 is 0. The lowest BCUT2D eigenvalue weighted by atomic mass is 9.53. The molecular formula is C35H43N3O5S. The van der Waals surface area contributed by atoms with E-state index in [1.807, 2.05) is 24.3 Å². The number of aromatic nitrogens is 1. The average molecular weight is 618 g/mol. The zero-order valence-corrected chi connectivity index (χ0v) is 27.0. The molecule has 3 aliphatic carbocycles. The zero-order chi connectivity index (χ0) is 31.0. The van der Waals surface area contributed by atoms with E-state index in [-0.39, 0.29) is 22.9 Å². The number of hydrogen-bond acceptors (Lipinski definition) is 5. The number of sulfonamides is 1. The number of nitrogens with one attached hydrogen (secondary N) is 1. The fraction of sp³-hybridized carbons (Fsp3) is 0.543. The van der Waals surface area contributed by atoms with Gasteiger partial charge in [0.05, 0.1) is 24.5 Å². The van der Waals surface area contributed by atoms with Crippen molar-refractivity contribution < 1.29 is 22.7 Å². The first-order valence-corrected chi connectivity index (χ1v) is 18.0. The number of rotatable bonds is 8. The first-order valence-electron chi connectivity index (χ1n) is 16.1. The van der Waals surface area contributed by atoms with Crippen molar-refractivity contribution in [3.8, 4) is 17.0 Å². The standard InChI is InChI=1S/C35H43N3O5S/c1-22-34(2)17-16-29(34)38(22)33(40)35(18-19-35)21-37-28-20-25(32(39)36-44(4,41)42)12-15-27(28)30(23-8-6-5-7-9-23)31(37)24-10-13-26(43-3)14-11-24/h10-15,20,22-23,29H,5-9,16-19,21H2,1-4H3,(H,36,39). The Labute approximate surface area is 260 Å². The lowest BCUT2D eigenvalue weighted by Crippen LogP contribution is -2.76. The van der Waals surface area contributed by atoms with Crippen LogP contribution >= 0.6 is 0 Å². The van der Waals surface area contributed by atoms with Crippen LogP contribution in [0, 0.1) is 10.8 Å². The lowest BCUT2D eigenvalue weighted by Gasteiger charge is -2.69. The molecular weight excluding hydrogens is 574 g/mol. The number of ether oxygens (including phenoxy) is 1. The summed E-state index contributed by atoms with van der Waals surface area (Å²) < 4.78 is 33.8. The van der Waals surface area contributed by atoms with Gasteiger partial charge in [-0.25, -0.2) is 13.1 Å². The predicted octanol–water partition coefficient (Wildman–Crippen LogP) is 6.23. The van der Waals surface area contributed by atoms with Crippen molar-refractivity contribution in [1.29, 1.82) is 0 Å². The summed E-state index contributed by atoms with van der Waals surface area (Å²) in [7, 11) is -2.06. The van der Waals surface area contributed by atoms with Crippen molar-refractivity contribution >= 4 is 32.7 Å². The molecule has 2 amide bonds. The zero-order valence-electron chi connectivity index (χ0n) is 26.2. The molecule has 4 fully saturated rings. The SMILES string of the molecule is COc1ccc(-c2c(C3CCCCC3)c3ccc(C(=O)NS(C)(=O)=O)cc3n2CC2(C(=O)N3C(C)C4(C)CCC34)CC2)cc1. The first kappa shape index (κ1) is 29.4. The van der Waals surface area contributed by atoms with Crippen LogP contribution in [0.2, 0.25) is 0 Å². The third kappa shape index (κ3) is 4.65. The van der Waals surface area contributed by atoms with E-state index < -0.39 is 21.3 Å². The van der Waals surface area contributed by atoms with Crippen molar-refractivity contribution in [2.45, 2.75) is 96.2 Å². The number of hydrogen-bond donors (Lipinski definition) is 1. The maximum Gasteiger partial charge on any atom is 0.264 e. The summed E-state index contributed by atoms with van der Waals surface area (Å²) in [6, 6.07) is 14.3. The van der Waals surface area contributed by atoms with Crippen LogP contribution in [0.5, 0.6) is 5.75 Å². The summed E-state index contributed by atoms with van der Waals surface area (Å²) in [6.45, 7) is 5.04. The van der Waals surface area contributed by atoms with Crippen LogP contribution < -0.4 is 9.46 Å². The Balaban J connectivity index is 1.39. The number of piperidine rings is 1. The van der Waals surface area contributed by atoms with E-state index in [0.29, 0.717) is 18.5 Å². The molecule has 4 aliphatic rings. The molecule has 1 aliphatic heterocycles. The third-order valence-corrected chi connectivity index (χ3v) is 12.0. The second-order valence-electron chi connectivity index (χ2n) is 14.1. The summed E-state index contributed by atoms with van der Waals surface area (Å²) in [5.41, 5.74) is 4.35. The molecule has 1 N–H and O–H groups in total. The van der Waals surface area contributed by atoms with Gasteiger partial charge >= 0.3 is 0 Å². The van der Waals surface area contributed by atoms with Gasteiger partial charge in [-0.3, -0.25) is 9.59 Å². The Morgan fingerprint density at radius 2 is 1.70 bits per heavy atom. The number of carbonyl (C=O) groups is 2. The summed E-state index contributed by atoms with van der Waals surface area (Å²) in [6.07, 6.45) is 10.7. The Hall–Kier alpha value is -3.33. The molecule has 3 saturated carbocycles. The van der Waals surface area contributed by atoms with Crippen molar-refractivity contribution in [3.05, 3.63) is 53.6 Å². The fourth-order valence-electron chi connectivity index (χ4n) is 8.44. The van der Waals surface area contributed by atoms with Gasteiger partial charge in [-0.2, -0.15) is 0 Å². The van der Waals surface area contributed by atoms with Gasteiger partial charge in [-0.05, 0) is 98.9 Å². The van der Waals surface area contributed by atoms with Crippen LogP contribution in [-0.4, -0.2) is 55.1 Å². The minimum atomic E-state index is -3.72. The quantitative estimate of drug-likeness (QED) is 0.323. The van der Waals surface area contributed by atoms with E-state index >= 15 is 0 Å². The summed E-state index contributed by atoms with van der Waals surface area (Å²) in [4.78, 5) is 29.6. The first-order chi connectivity index (χ1) is 21.0. The second kappa shape index (κ2) is 10.4. The van der Waals surface area contributed by atoms with E-state index in [1.54, 1.807) is 13.2 Å². The maximum absolute atomic E-state index is 14.3. The highest BCUT2D eigenvalue weighted by Gasteiger charge is 2.66. The highest BCUT2D eigenvalue weighted by Crippen LogP contribution is 2.61. The fourth-order valence-corrected chi connectivity index (χ4v) is 8.89. The van der Waals surface area contributed by atoms with Crippen molar-refractivity contribution in [2.75, 3.05) is 13.4 Å². The van der Waals surface area contributed by atoms with Gasteiger partial charge in [-0.15, -0.1) is 0 Å². The Morgan fingerprint density at radius 1 is 1.00 bits per heavy atom. The normalized spacial score (nSPS) is 26.0. The topological polar surface area (TPSA) is 97.7 Å². The van der Waals surface area contributed by atoms with Crippen LogP contribution in [0.15, 0.2) is 42.5 Å². The van der Waals surface area contributed by atoms with Crippen LogP contribution in [0.1, 0.15) is 93.5 Å². The second-order valence-corrected chi connectivity index (χ2v) is 15.8. The van der Waals surface area contributed by atoms with Gasteiger partial charge in [0.15, 0.2) is 0 Å². The number of methoxy groups -OCH3 is 1. The van der Waals surface area contributed by atoms with Gasteiger partial charge in [0.25, 0.3) is 5.91 Å². The van der Waals surface area contributed by atoms with E-state index in [2.05, 4.69) is 40.2 Å². The summed E-state index contributed by atoms with van der Waals surface area (Å²) in [5.74, 6) is 0.750. The number of likely N-dealkylation sites (tertiary alicyclic amines) is 1. The third-order valence-electron chi connectivity index (χ3n) is 11.4. The number of nitrogens with zero attached hydrogens (tertiary/aromatic N) is 2. The Bertz CT molecular complexity index is 1740. The number of amides is 2. The molecule has 3 atom stereocenters. The predicted molar refractivity (Wildman–Crippen MR) is 171 cm³/mol. The van der Waals surface area contributed by atoms with Crippen LogP contribution in [-0.2, 0) is 21.4 Å². The van der Waals surface area contributed by atoms with Gasteiger partial charge < -0.3 is 14.2 Å². The monoisotopic (exact) mass is 617 g/mol. The number of fused-ring (bicyclic) bond motifs is 2.